The monoisotopic (exact) mass is 250 g/mol. The van der Waals surface area contributed by atoms with E-state index in [2.05, 4.69) is 4.74 Å². The molecule has 0 spiro atoms. The Morgan fingerprint density at radius 3 is 2.22 bits per heavy atom. The lowest BCUT2D eigenvalue weighted by Gasteiger charge is -2.14. The van der Waals surface area contributed by atoms with Crippen LogP contribution in [0.15, 0.2) is 24.3 Å². The maximum absolute atomic E-state index is 11.6. The number of hydrogen-bond donors (Lipinski definition) is 1. The molecule has 0 aromatic heterocycles. The minimum Gasteiger partial charge on any atom is -0.460 e. The third kappa shape index (κ3) is 3.07. The highest BCUT2D eigenvalue weighted by molar-refractivity contribution is 6.40. The van der Waals surface area contributed by atoms with Gasteiger partial charge in [0.15, 0.2) is 0 Å². The van der Waals surface area contributed by atoms with Crippen LogP contribution in [0.25, 0.3) is 0 Å². The maximum Gasteiger partial charge on any atom is 0.379 e. The van der Waals surface area contributed by atoms with Crippen LogP contribution in [0.3, 0.4) is 0 Å². The molecule has 0 atom stereocenters. The fourth-order valence-electron chi connectivity index (χ4n) is 1.28. The highest BCUT2D eigenvalue weighted by Crippen LogP contribution is 2.14. The lowest BCUT2D eigenvalue weighted by Crippen LogP contribution is -2.31. The Bertz CT molecular complexity index is 467. The zero-order valence-corrected chi connectivity index (χ0v) is 10.2. The minimum atomic E-state index is -0.895. The smallest absolute Gasteiger partial charge is 0.379 e. The number of nitrogens with two attached hydrogens (primary N) is 1. The van der Waals surface area contributed by atoms with E-state index < -0.39 is 17.8 Å². The number of esters is 1. The fraction of sp³-hybridized carbons (Fsp3) is 0.250. The summed E-state index contributed by atoms with van der Waals surface area (Å²) in [5.41, 5.74) is 5.83. The summed E-state index contributed by atoms with van der Waals surface area (Å²) >= 11 is 0. The van der Waals surface area contributed by atoms with Crippen LogP contribution in [-0.2, 0) is 9.53 Å². The molecule has 6 heteroatoms. The minimum absolute atomic E-state index is 0.146. The lowest BCUT2D eigenvalue weighted by atomic mass is 10.1. The van der Waals surface area contributed by atoms with Gasteiger partial charge in [0.05, 0.1) is 6.61 Å². The molecule has 2 N–H and O–H groups in total. The number of carbonyl (C=O) groups excluding carboxylic acids is 3. The van der Waals surface area contributed by atoms with E-state index in [4.69, 9.17) is 5.73 Å². The third-order valence-corrected chi connectivity index (χ3v) is 2.31. The highest BCUT2D eigenvalue weighted by atomic mass is 16.5. The Kier molecular flexibility index (Phi) is 4.42. The molecule has 0 unspecified atom stereocenters. The fourth-order valence-corrected chi connectivity index (χ4v) is 1.28. The van der Waals surface area contributed by atoms with E-state index in [1.807, 2.05) is 0 Å². The van der Waals surface area contributed by atoms with Crippen molar-refractivity contribution >= 4 is 23.5 Å². The molecular weight excluding hydrogens is 236 g/mol. The van der Waals surface area contributed by atoms with Crippen molar-refractivity contribution in [3.05, 3.63) is 29.8 Å². The zero-order valence-electron chi connectivity index (χ0n) is 10.2. The lowest BCUT2D eigenvalue weighted by molar-refractivity contribution is -0.137. The summed E-state index contributed by atoms with van der Waals surface area (Å²) in [6.45, 7) is 1.77. The van der Waals surface area contributed by atoms with Crippen molar-refractivity contribution in [2.45, 2.75) is 6.92 Å². The predicted octanol–water partition coefficient (Wildman–Crippen LogP) is 0.947. The topological polar surface area (TPSA) is 89.7 Å². The summed E-state index contributed by atoms with van der Waals surface area (Å²) in [6.07, 6.45) is 0. The third-order valence-electron chi connectivity index (χ3n) is 2.31. The molecule has 1 aromatic carbocycles. The predicted molar refractivity (Wildman–Crippen MR) is 65.4 cm³/mol. The van der Waals surface area contributed by atoms with Crippen LogP contribution in [0, 0.1) is 0 Å². The maximum atomic E-state index is 11.6. The van der Waals surface area contributed by atoms with Gasteiger partial charge in [-0.3, -0.25) is 9.69 Å². The second-order valence-electron chi connectivity index (χ2n) is 3.49. The van der Waals surface area contributed by atoms with E-state index >= 15 is 0 Å². The van der Waals surface area contributed by atoms with Gasteiger partial charge in [-0.15, -0.1) is 0 Å². The Labute approximate surface area is 104 Å². The molecule has 0 aliphatic heterocycles. The Morgan fingerprint density at radius 1 is 1.22 bits per heavy atom. The van der Waals surface area contributed by atoms with Gasteiger partial charge in [-0.05, 0) is 31.2 Å². The molecule has 6 nitrogen and oxygen atoms in total. The SMILES string of the molecule is CCOC(=O)C(=O)c1ccc(N(C)C(N)=O)cc1. The zero-order chi connectivity index (χ0) is 13.7. The molecule has 0 saturated carbocycles. The molecule has 0 heterocycles. The standard InChI is InChI=1S/C12H14N2O4/c1-3-18-11(16)10(15)8-4-6-9(7-5-8)14(2)12(13)17/h4-7H,3H2,1-2H3,(H2,13,17). The normalized spacial score (nSPS) is 9.67. The van der Waals surface area contributed by atoms with E-state index in [9.17, 15) is 14.4 Å². The van der Waals surface area contributed by atoms with E-state index in [0.29, 0.717) is 5.69 Å². The van der Waals surface area contributed by atoms with E-state index in [-0.39, 0.29) is 12.2 Å². The summed E-state index contributed by atoms with van der Waals surface area (Å²) in [6, 6.07) is 5.32. The second kappa shape index (κ2) is 5.81. The first kappa shape index (κ1) is 13.7. The van der Waals surface area contributed by atoms with Crippen molar-refractivity contribution in [3.63, 3.8) is 0 Å². The first-order chi connectivity index (χ1) is 8.47. The molecule has 2 amide bonds. The van der Waals surface area contributed by atoms with Crippen molar-refractivity contribution in [3.8, 4) is 0 Å². The van der Waals surface area contributed by atoms with Gasteiger partial charge in [0, 0.05) is 18.3 Å². The van der Waals surface area contributed by atoms with E-state index in [1.165, 1.54) is 36.2 Å². The molecule has 18 heavy (non-hydrogen) atoms. The van der Waals surface area contributed by atoms with Gasteiger partial charge >= 0.3 is 12.0 Å². The number of benzene rings is 1. The first-order valence-electron chi connectivity index (χ1n) is 5.32. The number of hydrogen-bond acceptors (Lipinski definition) is 4. The second-order valence-corrected chi connectivity index (χ2v) is 3.49. The molecule has 0 aliphatic rings. The molecule has 0 aliphatic carbocycles. The summed E-state index contributed by atoms with van der Waals surface area (Å²) in [5.74, 6) is -1.61. The average molecular weight is 250 g/mol. The van der Waals surface area contributed by atoms with Crippen LogP contribution in [-0.4, -0.2) is 31.4 Å². The van der Waals surface area contributed by atoms with Gasteiger partial charge < -0.3 is 10.5 Å². The number of ether oxygens (including phenoxy) is 1. The molecule has 0 fully saturated rings. The summed E-state index contributed by atoms with van der Waals surface area (Å²) in [5, 5.41) is 0. The number of primary amides is 1. The van der Waals surface area contributed by atoms with Crippen LogP contribution in [0.4, 0.5) is 10.5 Å². The quantitative estimate of drug-likeness (QED) is 0.489. The average Bonchev–Trinajstić information content (AvgIpc) is 2.37. The Hall–Kier alpha value is -2.37. The molecule has 0 bridgehead atoms. The van der Waals surface area contributed by atoms with Gasteiger partial charge in [0.1, 0.15) is 0 Å². The van der Waals surface area contributed by atoms with Crippen molar-refractivity contribution in [2.75, 3.05) is 18.6 Å². The Morgan fingerprint density at radius 2 is 1.78 bits per heavy atom. The summed E-state index contributed by atoms with van der Waals surface area (Å²) in [4.78, 5) is 34.9. The van der Waals surface area contributed by atoms with Gasteiger partial charge in [-0.25, -0.2) is 9.59 Å². The molecule has 1 aromatic rings. The molecule has 96 valence electrons. The van der Waals surface area contributed by atoms with Crippen LogP contribution in [0.1, 0.15) is 17.3 Å². The number of ketones is 1. The van der Waals surface area contributed by atoms with E-state index in [1.54, 1.807) is 6.92 Å². The van der Waals surface area contributed by atoms with Crippen LogP contribution in [0.5, 0.6) is 0 Å². The van der Waals surface area contributed by atoms with Crippen LogP contribution in [0.2, 0.25) is 0 Å². The summed E-state index contributed by atoms with van der Waals surface area (Å²) < 4.78 is 4.60. The number of rotatable bonds is 4. The Balaban J connectivity index is 2.86. The van der Waals surface area contributed by atoms with E-state index in [0.717, 1.165) is 0 Å². The summed E-state index contributed by atoms with van der Waals surface area (Å²) in [7, 11) is 1.50. The molecule has 0 saturated heterocycles. The van der Waals surface area contributed by atoms with Crippen LogP contribution >= 0.6 is 0 Å². The van der Waals surface area contributed by atoms with Crippen LogP contribution < -0.4 is 10.6 Å². The number of amides is 2. The largest absolute Gasteiger partial charge is 0.460 e. The molecule has 1 rings (SSSR count). The van der Waals surface area contributed by atoms with Gasteiger partial charge in [0.25, 0.3) is 5.78 Å². The number of anilines is 1. The number of Topliss-reactive ketones (excluding diaryl/α,β-unsaturated/α-hetero) is 1. The van der Waals surface area contributed by atoms with Crippen molar-refractivity contribution < 1.29 is 19.1 Å². The molecular formula is C12H14N2O4. The van der Waals surface area contributed by atoms with Gasteiger partial charge in [-0.1, -0.05) is 0 Å². The van der Waals surface area contributed by atoms with Crippen molar-refractivity contribution in [1.29, 1.82) is 0 Å². The van der Waals surface area contributed by atoms with Crippen molar-refractivity contribution in [1.82, 2.24) is 0 Å². The highest BCUT2D eigenvalue weighted by Gasteiger charge is 2.17. The first-order valence-corrected chi connectivity index (χ1v) is 5.32. The number of urea groups is 1. The number of nitrogens with zero attached hydrogens (tertiary/aromatic N) is 1. The van der Waals surface area contributed by atoms with Gasteiger partial charge in [-0.2, -0.15) is 0 Å². The van der Waals surface area contributed by atoms with Crippen molar-refractivity contribution in [2.24, 2.45) is 5.73 Å². The van der Waals surface area contributed by atoms with Gasteiger partial charge in [0.2, 0.25) is 0 Å². The number of carbonyl (C=O) groups is 3. The molecule has 0 radical (unpaired) electrons.